The Bertz CT molecular complexity index is 620. The van der Waals surface area contributed by atoms with E-state index in [9.17, 15) is 27.6 Å². The van der Waals surface area contributed by atoms with Crippen molar-refractivity contribution in [1.29, 1.82) is 0 Å². The van der Waals surface area contributed by atoms with Crippen LogP contribution >= 0.6 is 11.8 Å². The van der Waals surface area contributed by atoms with Crippen LogP contribution in [0.1, 0.15) is 24.2 Å². The lowest BCUT2D eigenvalue weighted by molar-refractivity contribution is -0.130. The highest BCUT2D eigenvalue weighted by Gasteiger charge is 2.29. The van der Waals surface area contributed by atoms with E-state index in [4.69, 9.17) is 4.74 Å². The summed E-state index contributed by atoms with van der Waals surface area (Å²) in [5, 5.41) is 4.87. The Kier molecular flexibility index (Phi) is 7.75. The van der Waals surface area contributed by atoms with Crippen LogP contribution in [0.3, 0.4) is 0 Å². The normalized spacial score (nSPS) is 12.2. The molecule has 25 heavy (non-hydrogen) atoms. The summed E-state index contributed by atoms with van der Waals surface area (Å²) in [6, 6.07) is 3.82. The third-order valence-electron chi connectivity index (χ3n) is 2.78. The zero-order valence-electron chi connectivity index (χ0n) is 13.5. The Morgan fingerprint density at radius 2 is 1.80 bits per heavy atom. The molecule has 1 aromatic rings. The molecule has 0 bridgehead atoms. The lowest BCUT2D eigenvalue weighted by Crippen LogP contribution is -2.46. The SMILES string of the molecule is CCNC(=O)[C@H](C)NC(=O)COC(=O)c1ccc(SC(F)(F)F)cc1. The number of hydrogen-bond acceptors (Lipinski definition) is 5. The summed E-state index contributed by atoms with van der Waals surface area (Å²) in [7, 11) is 0. The molecular formula is C15H17F3N2O4S. The highest BCUT2D eigenvalue weighted by molar-refractivity contribution is 8.00. The molecule has 0 spiro atoms. The Morgan fingerprint density at radius 1 is 1.20 bits per heavy atom. The lowest BCUT2D eigenvalue weighted by Gasteiger charge is -2.13. The van der Waals surface area contributed by atoms with Crippen LogP contribution in [0, 0.1) is 0 Å². The maximum atomic E-state index is 12.2. The van der Waals surface area contributed by atoms with E-state index in [0.29, 0.717) is 6.54 Å². The summed E-state index contributed by atoms with van der Waals surface area (Å²) in [4.78, 5) is 34.8. The van der Waals surface area contributed by atoms with Crippen LogP contribution in [0.15, 0.2) is 29.2 Å². The van der Waals surface area contributed by atoms with Gasteiger partial charge in [0.05, 0.1) is 5.56 Å². The molecular weight excluding hydrogens is 361 g/mol. The van der Waals surface area contributed by atoms with Gasteiger partial charge in [-0.25, -0.2) is 4.79 Å². The molecule has 0 saturated carbocycles. The van der Waals surface area contributed by atoms with Crippen LogP contribution in [-0.4, -0.2) is 42.5 Å². The summed E-state index contributed by atoms with van der Waals surface area (Å²) < 4.78 is 41.4. The highest BCUT2D eigenvalue weighted by Crippen LogP contribution is 2.36. The molecule has 10 heteroatoms. The summed E-state index contributed by atoms with van der Waals surface area (Å²) in [6.07, 6.45) is 0. The van der Waals surface area contributed by atoms with E-state index in [0.717, 1.165) is 12.1 Å². The maximum absolute atomic E-state index is 12.2. The smallest absolute Gasteiger partial charge is 0.446 e. The van der Waals surface area contributed by atoms with Gasteiger partial charge in [0.2, 0.25) is 5.91 Å². The molecule has 0 aliphatic carbocycles. The first-order valence-electron chi connectivity index (χ1n) is 7.22. The van der Waals surface area contributed by atoms with Crippen LogP contribution < -0.4 is 10.6 Å². The fourth-order valence-electron chi connectivity index (χ4n) is 1.68. The lowest BCUT2D eigenvalue weighted by atomic mass is 10.2. The molecule has 1 rings (SSSR count). The van der Waals surface area contributed by atoms with Crippen LogP contribution in [0.2, 0.25) is 0 Å². The maximum Gasteiger partial charge on any atom is 0.446 e. The number of alkyl halides is 3. The topological polar surface area (TPSA) is 84.5 Å². The summed E-state index contributed by atoms with van der Waals surface area (Å²) in [5.74, 6) is -1.90. The second-order valence-electron chi connectivity index (χ2n) is 4.83. The van der Waals surface area contributed by atoms with Gasteiger partial charge in [-0.05, 0) is 49.9 Å². The number of likely N-dealkylation sites (N-methyl/N-ethyl adjacent to an activating group) is 1. The minimum atomic E-state index is -4.42. The predicted molar refractivity (Wildman–Crippen MR) is 84.9 cm³/mol. The molecule has 2 N–H and O–H groups in total. The molecule has 0 heterocycles. The third kappa shape index (κ3) is 7.92. The van der Waals surface area contributed by atoms with Crippen molar-refractivity contribution in [2.24, 2.45) is 0 Å². The van der Waals surface area contributed by atoms with Gasteiger partial charge in [-0.1, -0.05) is 0 Å². The van der Waals surface area contributed by atoms with E-state index in [1.54, 1.807) is 6.92 Å². The largest absolute Gasteiger partial charge is 0.452 e. The summed E-state index contributed by atoms with van der Waals surface area (Å²) in [6.45, 7) is 3.01. The summed E-state index contributed by atoms with van der Waals surface area (Å²) >= 11 is -0.301. The van der Waals surface area contributed by atoms with Crippen molar-refractivity contribution in [3.63, 3.8) is 0 Å². The van der Waals surface area contributed by atoms with E-state index in [2.05, 4.69) is 10.6 Å². The average molecular weight is 378 g/mol. The van der Waals surface area contributed by atoms with Gasteiger partial charge in [-0.15, -0.1) is 0 Å². The monoisotopic (exact) mass is 378 g/mol. The van der Waals surface area contributed by atoms with Crippen molar-refractivity contribution < 1.29 is 32.3 Å². The molecule has 0 saturated heterocycles. The quantitative estimate of drug-likeness (QED) is 0.561. The minimum absolute atomic E-state index is 0.0103. The molecule has 0 unspecified atom stereocenters. The van der Waals surface area contributed by atoms with Crippen molar-refractivity contribution in [2.75, 3.05) is 13.2 Å². The molecule has 0 aliphatic rings. The number of amides is 2. The number of carbonyl (C=O) groups is 3. The molecule has 2 amide bonds. The third-order valence-corrected chi connectivity index (χ3v) is 3.52. The second kappa shape index (κ2) is 9.30. The van der Waals surface area contributed by atoms with Crippen molar-refractivity contribution in [3.05, 3.63) is 29.8 Å². The number of thioether (sulfide) groups is 1. The van der Waals surface area contributed by atoms with Crippen molar-refractivity contribution >= 4 is 29.5 Å². The van der Waals surface area contributed by atoms with Gasteiger partial charge in [0, 0.05) is 11.4 Å². The number of hydrogen-bond donors (Lipinski definition) is 2. The number of nitrogens with one attached hydrogen (secondary N) is 2. The number of rotatable bonds is 7. The number of halogens is 3. The first kappa shape index (κ1) is 20.8. The molecule has 6 nitrogen and oxygen atoms in total. The molecule has 0 fully saturated rings. The van der Waals surface area contributed by atoms with Crippen molar-refractivity contribution in [2.45, 2.75) is 30.3 Å². The van der Waals surface area contributed by atoms with E-state index in [1.165, 1.54) is 19.1 Å². The molecule has 0 aliphatic heterocycles. The Hall–Kier alpha value is -2.23. The first-order chi connectivity index (χ1) is 11.6. The molecule has 0 radical (unpaired) electrons. The average Bonchev–Trinajstić information content (AvgIpc) is 2.52. The van der Waals surface area contributed by atoms with Gasteiger partial charge in [0.1, 0.15) is 6.04 Å². The van der Waals surface area contributed by atoms with Crippen LogP contribution in [0.5, 0.6) is 0 Å². The van der Waals surface area contributed by atoms with Gasteiger partial charge in [-0.3, -0.25) is 9.59 Å². The van der Waals surface area contributed by atoms with Crippen LogP contribution in [-0.2, 0) is 14.3 Å². The van der Waals surface area contributed by atoms with Gasteiger partial charge in [-0.2, -0.15) is 13.2 Å². The van der Waals surface area contributed by atoms with Crippen LogP contribution in [0.4, 0.5) is 13.2 Å². The second-order valence-corrected chi connectivity index (χ2v) is 5.97. The minimum Gasteiger partial charge on any atom is -0.452 e. The molecule has 1 atom stereocenters. The van der Waals surface area contributed by atoms with E-state index in [-0.39, 0.29) is 28.1 Å². The highest BCUT2D eigenvalue weighted by atomic mass is 32.2. The van der Waals surface area contributed by atoms with Crippen LogP contribution in [0.25, 0.3) is 0 Å². The predicted octanol–water partition coefficient (Wildman–Crippen LogP) is 2.10. The zero-order chi connectivity index (χ0) is 19.0. The fourth-order valence-corrected chi connectivity index (χ4v) is 2.22. The Morgan fingerprint density at radius 3 is 2.32 bits per heavy atom. The Balaban J connectivity index is 2.48. The number of carbonyl (C=O) groups excluding carboxylic acids is 3. The molecule has 0 aromatic heterocycles. The van der Waals surface area contributed by atoms with Gasteiger partial charge >= 0.3 is 11.5 Å². The van der Waals surface area contributed by atoms with E-state index < -0.39 is 30.0 Å². The van der Waals surface area contributed by atoms with E-state index >= 15 is 0 Å². The standard InChI is InChI=1S/C15H17F3N2O4S/c1-3-19-13(22)9(2)20-12(21)8-24-14(23)10-4-6-11(7-5-10)25-15(16,17)18/h4-7,9H,3,8H2,1-2H3,(H,19,22)(H,20,21)/t9-/m0/s1. The van der Waals surface area contributed by atoms with E-state index in [1.807, 2.05) is 0 Å². The van der Waals surface area contributed by atoms with Crippen molar-refractivity contribution in [3.8, 4) is 0 Å². The van der Waals surface area contributed by atoms with Gasteiger partial charge in [0.25, 0.3) is 5.91 Å². The zero-order valence-corrected chi connectivity index (χ0v) is 14.3. The number of benzene rings is 1. The molecule has 1 aromatic carbocycles. The summed E-state index contributed by atoms with van der Waals surface area (Å²) in [5.41, 5.74) is -4.41. The molecule has 138 valence electrons. The number of esters is 1. The first-order valence-corrected chi connectivity index (χ1v) is 8.04. The van der Waals surface area contributed by atoms with Crippen molar-refractivity contribution in [1.82, 2.24) is 10.6 Å². The Labute approximate surface area is 146 Å². The van der Waals surface area contributed by atoms with Gasteiger partial charge in [0.15, 0.2) is 6.61 Å². The van der Waals surface area contributed by atoms with Gasteiger partial charge < -0.3 is 15.4 Å². The fraction of sp³-hybridized carbons (Fsp3) is 0.400. The number of ether oxygens (including phenoxy) is 1.